The van der Waals surface area contributed by atoms with E-state index in [0.717, 1.165) is 23.5 Å². The first-order chi connectivity index (χ1) is 7.26. The monoisotopic (exact) mass is 299 g/mol. The maximum absolute atomic E-state index is 11.4. The van der Waals surface area contributed by atoms with Crippen LogP contribution in [-0.4, -0.2) is 24.0 Å². The van der Waals surface area contributed by atoms with Crippen LogP contribution in [0.3, 0.4) is 0 Å². The number of amides is 1. The van der Waals surface area contributed by atoms with E-state index in [2.05, 4.69) is 17.2 Å². The molecule has 0 atom stereocenters. The Labute approximate surface area is 118 Å². The van der Waals surface area contributed by atoms with Crippen LogP contribution in [0.5, 0.6) is 0 Å². The number of rotatable bonds is 6. The zero-order valence-electron chi connectivity index (χ0n) is 9.77. The molecule has 0 bridgehead atoms. The van der Waals surface area contributed by atoms with Crippen LogP contribution in [0.25, 0.3) is 0 Å². The molecule has 0 aliphatic carbocycles. The fraction of sp³-hybridized carbons (Fsp3) is 0.600. The van der Waals surface area contributed by atoms with Gasteiger partial charge in [0.15, 0.2) is 0 Å². The molecule has 0 saturated carbocycles. The molecule has 1 rings (SSSR count). The van der Waals surface area contributed by atoms with Crippen molar-refractivity contribution in [1.82, 2.24) is 10.3 Å². The van der Waals surface area contributed by atoms with Gasteiger partial charge in [0.2, 0.25) is 5.91 Å². The Morgan fingerprint density at radius 2 is 2.24 bits per heavy atom. The van der Waals surface area contributed by atoms with Gasteiger partial charge in [0, 0.05) is 11.9 Å². The average Bonchev–Trinajstić information content (AvgIpc) is 2.66. The standard InChI is InChI=1S/C10H17N3OS.2ClH/c1-2-10-13-8(7-15-10)6-9(14)12-5-3-4-11;;/h7H,2-6,11H2,1H3,(H,12,14);2*1H. The summed E-state index contributed by atoms with van der Waals surface area (Å²) >= 11 is 1.61. The lowest BCUT2D eigenvalue weighted by atomic mass is 10.3. The lowest BCUT2D eigenvalue weighted by molar-refractivity contribution is -0.120. The topological polar surface area (TPSA) is 68.0 Å². The molecule has 7 heteroatoms. The van der Waals surface area contributed by atoms with Gasteiger partial charge in [-0.15, -0.1) is 36.2 Å². The molecule has 0 saturated heterocycles. The molecule has 0 unspecified atom stereocenters. The van der Waals surface area contributed by atoms with Crippen LogP contribution in [0.4, 0.5) is 0 Å². The number of nitrogens with zero attached hydrogens (tertiary/aromatic N) is 1. The Hall–Kier alpha value is -0.360. The molecular formula is C10H19Cl2N3OS. The smallest absolute Gasteiger partial charge is 0.226 e. The Balaban J connectivity index is 0. The number of nitrogens with two attached hydrogens (primary N) is 1. The Morgan fingerprint density at radius 3 is 2.76 bits per heavy atom. The third-order valence-corrected chi connectivity index (χ3v) is 2.99. The molecule has 1 heterocycles. The van der Waals surface area contributed by atoms with E-state index in [1.54, 1.807) is 11.3 Å². The van der Waals surface area contributed by atoms with E-state index in [0.29, 0.717) is 19.5 Å². The van der Waals surface area contributed by atoms with Crippen LogP contribution in [0.2, 0.25) is 0 Å². The number of thiazole rings is 1. The summed E-state index contributed by atoms with van der Waals surface area (Å²) in [5.74, 6) is 0.0244. The summed E-state index contributed by atoms with van der Waals surface area (Å²) in [4.78, 5) is 15.7. The molecular weight excluding hydrogens is 281 g/mol. The Morgan fingerprint density at radius 1 is 1.53 bits per heavy atom. The van der Waals surface area contributed by atoms with E-state index in [1.807, 2.05) is 5.38 Å². The molecule has 17 heavy (non-hydrogen) atoms. The highest BCUT2D eigenvalue weighted by atomic mass is 35.5. The number of aryl methyl sites for hydroxylation is 1. The molecule has 0 fully saturated rings. The summed E-state index contributed by atoms with van der Waals surface area (Å²) in [6, 6.07) is 0. The van der Waals surface area contributed by atoms with E-state index in [9.17, 15) is 4.79 Å². The van der Waals surface area contributed by atoms with Gasteiger partial charge in [-0.25, -0.2) is 4.98 Å². The fourth-order valence-corrected chi connectivity index (χ4v) is 1.89. The number of aromatic nitrogens is 1. The van der Waals surface area contributed by atoms with E-state index in [-0.39, 0.29) is 30.7 Å². The summed E-state index contributed by atoms with van der Waals surface area (Å²) in [6.45, 7) is 3.32. The highest BCUT2D eigenvalue weighted by Gasteiger charge is 2.05. The number of carbonyl (C=O) groups excluding carboxylic acids is 1. The van der Waals surface area contributed by atoms with Crippen molar-refractivity contribution < 1.29 is 4.79 Å². The van der Waals surface area contributed by atoms with Gasteiger partial charge in [0.05, 0.1) is 17.1 Å². The van der Waals surface area contributed by atoms with Crippen LogP contribution >= 0.6 is 36.2 Å². The third kappa shape index (κ3) is 7.54. The molecule has 1 amide bonds. The van der Waals surface area contributed by atoms with Gasteiger partial charge >= 0.3 is 0 Å². The zero-order valence-corrected chi connectivity index (χ0v) is 12.2. The molecule has 0 aliphatic heterocycles. The lowest BCUT2D eigenvalue weighted by Crippen LogP contribution is -2.27. The molecule has 0 aliphatic rings. The minimum atomic E-state index is 0. The van der Waals surface area contributed by atoms with Crippen molar-refractivity contribution in [2.45, 2.75) is 26.2 Å². The average molecular weight is 300 g/mol. The summed E-state index contributed by atoms with van der Waals surface area (Å²) in [5.41, 5.74) is 6.19. The van der Waals surface area contributed by atoms with E-state index < -0.39 is 0 Å². The predicted octanol–water partition coefficient (Wildman–Crippen LogP) is 1.56. The van der Waals surface area contributed by atoms with Crippen molar-refractivity contribution in [2.75, 3.05) is 13.1 Å². The van der Waals surface area contributed by atoms with Crippen molar-refractivity contribution >= 4 is 42.1 Å². The predicted molar refractivity (Wildman–Crippen MR) is 76.4 cm³/mol. The van der Waals surface area contributed by atoms with Crippen LogP contribution in [0.1, 0.15) is 24.0 Å². The van der Waals surface area contributed by atoms with E-state index in [1.165, 1.54) is 0 Å². The molecule has 0 aromatic carbocycles. The maximum atomic E-state index is 11.4. The van der Waals surface area contributed by atoms with Crippen molar-refractivity contribution in [3.63, 3.8) is 0 Å². The van der Waals surface area contributed by atoms with Gasteiger partial charge in [0.1, 0.15) is 0 Å². The Kier molecular flexibility index (Phi) is 12.0. The van der Waals surface area contributed by atoms with Crippen LogP contribution in [0, 0.1) is 0 Å². The second-order valence-corrected chi connectivity index (χ2v) is 4.20. The van der Waals surface area contributed by atoms with Crippen molar-refractivity contribution in [1.29, 1.82) is 0 Å². The molecule has 1 aromatic rings. The van der Waals surface area contributed by atoms with Gasteiger partial charge < -0.3 is 11.1 Å². The van der Waals surface area contributed by atoms with Crippen LogP contribution in [0.15, 0.2) is 5.38 Å². The van der Waals surface area contributed by atoms with Gasteiger partial charge in [-0.3, -0.25) is 4.79 Å². The second-order valence-electron chi connectivity index (χ2n) is 3.26. The Bertz CT molecular complexity index is 320. The summed E-state index contributed by atoms with van der Waals surface area (Å²) < 4.78 is 0. The highest BCUT2D eigenvalue weighted by Crippen LogP contribution is 2.10. The number of halogens is 2. The van der Waals surface area contributed by atoms with Gasteiger partial charge in [0.25, 0.3) is 0 Å². The molecule has 0 spiro atoms. The normalized spacial score (nSPS) is 9.06. The largest absolute Gasteiger partial charge is 0.356 e. The number of nitrogens with one attached hydrogen (secondary N) is 1. The van der Waals surface area contributed by atoms with Crippen molar-refractivity contribution in [3.05, 3.63) is 16.1 Å². The molecule has 1 aromatic heterocycles. The second kappa shape index (κ2) is 10.8. The van der Waals surface area contributed by atoms with Crippen molar-refractivity contribution in [3.8, 4) is 0 Å². The first-order valence-corrected chi connectivity index (χ1v) is 6.04. The number of hydrogen-bond donors (Lipinski definition) is 2. The minimum Gasteiger partial charge on any atom is -0.356 e. The molecule has 3 N–H and O–H groups in total. The highest BCUT2D eigenvalue weighted by molar-refractivity contribution is 7.09. The zero-order chi connectivity index (χ0) is 11.1. The third-order valence-electron chi connectivity index (χ3n) is 1.95. The summed E-state index contributed by atoms with van der Waals surface area (Å²) in [6.07, 6.45) is 2.13. The summed E-state index contributed by atoms with van der Waals surface area (Å²) in [5, 5.41) is 5.83. The van der Waals surface area contributed by atoms with Crippen molar-refractivity contribution in [2.24, 2.45) is 5.73 Å². The van der Waals surface area contributed by atoms with Gasteiger partial charge in [-0.2, -0.15) is 0 Å². The molecule has 100 valence electrons. The number of carbonyl (C=O) groups is 1. The number of hydrogen-bond acceptors (Lipinski definition) is 4. The quantitative estimate of drug-likeness (QED) is 0.783. The molecule has 0 radical (unpaired) electrons. The minimum absolute atomic E-state index is 0. The van der Waals surface area contributed by atoms with E-state index in [4.69, 9.17) is 5.73 Å². The molecule has 4 nitrogen and oxygen atoms in total. The lowest BCUT2D eigenvalue weighted by Gasteiger charge is -2.01. The fourth-order valence-electron chi connectivity index (χ4n) is 1.15. The maximum Gasteiger partial charge on any atom is 0.226 e. The van der Waals surface area contributed by atoms with Gasteiger partial charge in [-0.1, -0.05) is 6.92 Å². The van der Waals surface area contributed by atoms with Crippen LogP contribution < -0.4 is 11.1 Å². The van der Waals surface area contributed by atoms with Gasteiger partial charge in [-0.05, 0) is 19.4 Å². The SMILES string of the molecule is CCc1nc(CC(=O)NCCCN)cs1.Cl.Cl. The van der Waals surface area contributed by atoms with Crippen LogP contribution in [-0.2, 0) is 17.6 Å². The van der Waals surface area contributed by atoms with E-state index >= 15 is 0 Å². The summed E-state index contributed by atoms with van der Waals surface area (Å²) in [7, 11) is 0. The first-order valence-electron chi connectivity index (χ1n) is 5.16. The first kappa shape index (κ1) is 19.0.